The molecule has 1 aromatic carbocycles. The topological polar surface area (TPSA) is 29.9 Å². The van der Waals surface area contributed by atoms with Crippen LogP contribution in [-0.4, -0.2) is 16.1 Å². The van der Waals surface area contributed by atoms with Crippen LogP contribution < -0.4 is 5.32 Å². The molecule has 1 N–H and O–H groups in total. The zero-order valence-corrected chi connectivity index (χ0v) is 9.70. The molecule has 2 heterocycles. The average Bonchev–Trinajstić information content (AvgIpc) is 2.66. The van der Waals surface area contributed by atoms with E-state index in [-0.39, 0.29) is 5.82 Å². The minimum atomic E-state index is -0.191. The number of aryl methyl sites for hydroxylation is 1. The second-order valence-electron chi connectivity index (χ2n) is 4.28. The first-order chi connectivity index (χ1) is 8.27. The molecule has 1 aliphatic heterocycles. The molecule has 0 saturated carbocycles. The fraction of sp³-hybridized carbons (Fsp3) is 0.308. The Kier molecular flexibility index (Phi) is 2.35. The molecule has 0 saturated heterocycles. The smallest absolute Gasteiger partial charge is 0.203 e. The monoisotopic (exact) mass is 231 g/mol. The minimum absolute atomic E-state index is 0.191. The highest BCUT2D eigenvalue weighted by atomic mass is 19.1. The van der Waals surface area contributed by atoms with Gasteiger partial charge >= 0.3 is 0 Å². The van der Waals surface area contributed by atoms with Gasteiger partial charge in [0.15, 0.2) is 0 Å². The molecular formula is C13H14FN3. The van der Waals surface area contributed by atoms with Crippen LogP contribution in [0, 0.1) is 12.7 Å². The van der Waals surface area contributed by atoms with Gasteiger partial charge < -0.3 is 9.88 Å². The van der Waals surface area contributed by atoms with Crippen molar-refractivity contribution in [2.75, 3.05) is 11.9 Å². The number of aromatic nitrogens is 2. The maximum absolute atomic E-state index is 13.8. The Morgan fingerprint density at radius 1 is 1.35 bits per heavy atom. The number of anilines is 1. The second-order valence-corrected chi connectivity index (χ2v) is 4.28. The molecule has 4 heteroatoms. The minimum Gasteiger partial charge on any atom is -0.356 e. The van der Waals surface area contributed by atoms with Crippen molar-refractivity contribution in [1.29, 1.82) is 0 Å². The van der Waals surface area contributed by atoms with Crippen molar-refractivity contribution in [2.45, 2.75) is 19.9 Å². The van der Waals surface area contributed by atoms with Crippen LogP contribution >= 0.6 is 0 Å². The number of nitrogens with zero attached hydrogens (tertiary/aromatic N) is 2. The van der Waals surface area contributed by atoms with Crippen LogP contribution in [0.3, 0.4) is 0 Å². The van der Waals surface area contributed by atoms with Crippen molar-refractivity contribution in [3.05, 3.63) is 35.8 Å². The summed E-state index contributed by atoms with van der Waals surface area (Å²) in [6, 6.07) is 6.86. The van der Waals surface area contributed by atoms with Crippen LogP contribution in [0.2, 0.25) is 0 Å². The molecule has 0 unspecified atom stereocenters. The highest BCUT2D eigenvalue weighted by Gasteiger charge is 2.20. The van der Waals surface area contributed by atoms with Crippen LogP contribution in [-0.2, 0) is 6.54 Å². The van der Waals surface area contributed by atoms with Crippen LogP contribution in [0.5, 0.6) is 0 Å². The van der Waals surface area contributed by atoms with Gasteiger partial charge in [0.2, 0.25) is 5.95 Å². The summed E-state index contributed by atoms with van der Waals surface area (Å²) in [7, 11) is 0. The zero-order chi connectivity index (χ0) is 11.8. The van der Waals surface area contributed by atoms with Crippen molar-refractivity contribution in [3.63, 3.8) is 0 Å². The summed E-state index contributed by atoms with van der Waals surface area (Å²) >= 11 is 0. The molecular weight excluding hydrogens is 217 g/mol. The van der Waals surface area contributed by atoms with Gasteiger partial charge in [-0.25, -0.2) is 9.37 Å². The lowest BCUT2D eigenvalue weighted by Gasteiger charge is -2.18. The van der Waals surface area contributed by atoms with Gasteiger partial charge in [-0.3, -0.25) is 0 Å². The van der Waals surface area contributed by atoms with E-state index >= 15 is 0 Å². The molecule has 0 atom stereocenters. The summed E-state index contributed by atoms with van der Waals surface area (Å²) in [5.74, 6) is 0.663. The molecule has 0 amide bonds. The third-order valence-corrected chi connectivity index (χ3v) is 3.11. The first kappa shape index (κ1) is 10.3. The summed E-state index contributed by atoms with van der Waals surface area (Å²) < 4.78 is 15.9. The Hall–Kier alpha value is -1.84. The van der Waals surface area contributed by atoms with Gasteiger partial charge in [-0.05, 0) is 25.5 Å². The summed E-state index contributed by atoms with van der Waals surface area (Å²) in [4.78, 5) is 4.45. The van der Waals surface area contributed by atoms with Gasteiger partial charge in [-0.15, -0.1) is 0 Å². The Morgan fingerprint density at radius 3 is 3.00 bits per heavy atom. The molecule has 1 aromatic heterocycles. The van der Waals surface area contributed by atoms with Gasteiger partial charge in [0, 0.05) is 18.7 Å². The first-order valence-electron chi connectivity index (χ1n) is 5.83. The largest absolute Gasteiger partial charge is 0.356 e. The van der Waals surface area contributed by atoms with Crippen molar-refractivity contribution in [2.24, 2.45) is 0 Å². The van der Waals surface area contributed by atoms with Gasteiger partial charge in [0.1, 0.15) is 5.82 Å². The van der Waals surface area contributed by atoms with E-state index in [1.54, 1.807) is 12.1 Å². The van der Waals surface area contributed by atoms with Crippen molar-refractivity contribution >= 4 is 5.95 Å². The SMILES string of the molecule is Cc1nc2n(c1-c1ccccc1F)CCCN2. The number of rotatable bonds is 1. The normalized spacial score (nSPS) is 14.2. The lowest BCUT2D eigenvalue weighted by Crippen LogP contribution is -2.17. The zero-order valence-electron chi connectivity index (χ0n) is 9.70. The Bertz CT molecular complexity index is 560. The molecule has 0 bridgehead atoms. The number of hydrogen-bond donors (Lipinski definition) is 1. The highest BCUT2D eigenvalue weighted by Crippen LogP contribution is 2.30. The lowest BCUT2D eigenvalue weighted by atomic mass is 10.1. The van der Waals surface area contributed by atoms with Crippen molar-refractivity contribution in [3.8, 4) is 11.3 Å². The standard InChI is InChI=1S/C13H14FN3/c1-9-12(10-5-2-3-6-11(10)14)17-8-4-7-15-13(17)16-9/h2-3,5-6H,4,7-8H2,1H3,(H,15,16). The van der Waals surface area contributed by atoms with Crippen molar-refractivity contribution in [1.82, 2.24) is 9.55 Å². The highest BCUT2D eigenvalue weighted by molar-refractivity contribution is 5.66. The Morgan fingerprint density at radius 2 is 2.18 bits per heavy atom. The predicted molar refractivity (Wildman–Crippen MR) is 65.5 cm³/mol. The average molecular weight is 231 g/mol. The molecule has 0 aliphatic carbocycles. The number of fused-ring (bicyclic) bond motifs is 1. The maximum Gasteiger partial charge on any atom is 0.203 e. The van der Waals surface area contributed by atoms with Crippen LogP contribution in [0.4, 0.5) is 10.3 Å². The number of halogens is 1. The van der Waals surface area contributed by atoms with E-state index in [1.165, 1.54) is 6.07 Å². The maximum atomic E-state index is 13.8. The van der Waals surface area contributed by atoms with E-state index in [0.717, 1.165) is 36.8 Å². The molecule has 3 rings (SSSR count). The van der Waals surface area contributed by atoms with Crippen LogP contribution in [0.1, 0.15) is 12.1 Å². The third-order valence-electron chi connectivity index (χ3n) is 3.11. The molecule has 0 fully saturated rings. The summed E-state index contributed by atoms with van der Waals surface area (Å²) in [6.07, 6.45) is 1.05. The van der Waals surface area contributed by atoms with E-state index in [2.05, 4.69) is 14.9 Å². The quantitative estimate of drug-likeness (QED) is 0.817. The van der Waals surface area contributed by atoms with Crippen molar-refractivity contribution < 1.29 is 4.39 Å². The van der Waals surface area contributed by atoms with Crippen LogP contribution in [0.15, 0.2) is 24.3 Å². The molecule has 0 radical (unpaired) electrons. The molecule has 0 spiro atoms. The Balaban J connectivity index is 2.21. The van der Waals surface area contributed by atoms with E-state index in [4.69, 9.17) is 0 Å². The fourth-order valence-electron chi connectivity index (χ4n) is 2.36. The predicted octanol–water partition coefficient (Wildman–Crippen LogP) is 2.81. The molecule has 2 aromatic rings. The van der Waals surface area contributed by atoms with E-state index in [1.807, 2.05) is 13.0 Å². The summed E-state index contributed by atoms with van der Waals surface area (Å²) in [5.41, 5.74) is 2.40. The van der Waals surface area contributed by atoms with E-state index in [9.17, 15) is 4.39 Å². The first-order valence-corrected chi connectivity index (χ1v) is 5.83. The van der Waals surface area contributed by atoms with Gasteiger partial charge in [0.05, 0.1) is 11.4 Å². The number of hydrogen-bond acceptors (Lipinski definition) is 2. The van der Waals surface area contributed by atoms with Crippen LogP contribution in [0.25, 0.3) is 11.3 Å². The lowest BCUT2D eigenvalue weighted by molar-refractivity contribution is 0.614. The van der Waals surface area contributed by atoms with E-state index < -0.39 is 0 Å². The van der Waals surface area contributed by atoms with Gasteiger partial charge in [-0.1, -0.05) is 12.1 Å². The molecule has 88 valence electrons. The van der Waals surface area contributed by atoms with Gasteiger partial charge in [0.25, 0.3) is 0 Å². The number of imidazole rings is 1. The molecule has 1 aliphatic rings. The van der Waals surface area contributed by atoms with Gasteiger partial charge in [-0.2, -0.15) is 0 Å². The molecule has 3 nitrogen and oxygen atoms in total. The summed E-state index contributed by atoms with van der Waals surface area (Å²) in [5, 5.41) is 3.24. The second kappa shape index (κ2) is 3.87. The third kappa shape index (κ3) is 1.60. The summed E-state index contributed by atoms with van der Waals surface area (Å²) in [6.45, 7) is 3.76. The fourth-order valence-corrected chi connectivity index (χ4v) is 2.36. The number of benzene rings is 1. The number of nitrogens with one attached hydrogen (secondary N) is 1. The molecule has 17 heavy (non-hydrogen) atoms. The van der Waals surface area contributed by atoms with E-state index in [0.29, 0.717) is 5.56 Å². The Labute approximate surface area is 99.3 Å².